The van der Waals surface area contributed by atoms with Gasteiger partial charge in [-0.1, -0.05) is 44.2 Å². The molecule has 1 aliphatic carbocycles. The molecule has 1 unspecified atom stereocenters. The first-order valence-corrected chi connectivity index (χ1v) is 10.7. The number of benzene rings is 2. The molecule has 0 saturated heterocycles. The molecule has 1 aliphatic rings. The quantitative estimate of drug-likeness (QED) is 0.720. The topological polar surface area (TPSA) is 103 Å². The van der Waals surface area contributed by atoms with E-state index in [-0.39, 0.29) is 17.5 Å². The van der Waals surface area contributed by atoms with Crippen molar-refractivity contribution in [1.29, 1.82) is 10.5 Å². The van der Waals surface area contributed by atoms with Crippen LogP contribution < -0.4 is 11.1 Å². The minimum Gasteiger partial charge on any atom is -0.340 e. The smallest absolute Gasteiger partial charge is 0.221 e. The van der Waals surface area contributed by atoms with Gasteiger partial charge in [0.05, 0.1) is 11.6 Å². The molecule has 0 heterocycles. The second-order valence-electron chi connectivity index (χ2n) is 7.60. The third kappa shape index (κ3) is 6.91. The minimum absolute atomic E-state index is 0.0116. The summed E-state index contributed by atoms with van der Waals surface area (Å²) in [5, 5.41) is 21.0. The Kier molecular flexibility index (Phi) is 9.18. The number of hydrogen-bond acceptors (Lipinski definition) is 4. The molecule has 0 aromatic heterocycles. The Morgan fingerprint density at radius 3 is 2.39 bits per heavy atom. The van der Waals surface area contributed by atoms with Crippen LogP contribution in [-0.2, 0) is 11.2 Å². The Labute approximate surface area is 183 Å². The Morgan fingerprint density at radius 1 is 1.16 bits per heavy atom. The van der Waals surface area contributed by atoms with E-state index >= 15 is 0 Å². The highest BCUT2D eigenvalue weighted by Crippen LogP contribution is 2.27. The third-order valence-corrected chi connectivity index (χ3v) is 5.36. The van der Waals surface area contributed by atoms with Gasteiger partial charge in [-0.2, -0.15) is 10.5 Å². The van der Waals surface area contributed by atoms with Crippen LogP contribution in [0.4, 0.5) is 4.39 Å². The summed E-state index contributed by atoms with van der Waals surface area (Å²) in [5.74, 6) is -0.360. The number of nitriles is 2. The minimum atomic E-state index is -0.601. The van der Waals surface area contributed by atoms with Crippen LogP contribution in [0.1, 0.15) is 50.7 Å². The van der Waals surface area contributed by atoms with Gasteiger partial charge < -0.3 is 11.1 Å². The zero-order valence-electron chi connectivity index (χ0n) is 18.1. The van der Waals surface area contributed by atoms with Gasteiger partial charge >= 0.3 is 0 Å². The highest BCUT2D eigenvalue weighted by Gasteiger charge is 2.24. The number of nitrogens with one attached hydrogen (secondary N) is 1. The van der Waals surface area contributed by atoms with Gasteiger partial charge in [0.1, 0.15) is 17.9 Å². The predicted octanol–water partition coefficient (Wildman–Crippen LogP) is 4.46. The van der Waals surface area contributed by atoms with Gasteiger partial charge in [0, 0.05) is 18.9 Å². The molecule has 2 aromatic rings. The molecule has 1 saturated carbocycles. The molecule has 0 aliphatic heterocycles. The summed E-state index contributed by atoms with van der Waals surface area (Å²) >= 11 is 0. The highest BCUT2D eigenvalue weighted by molar-refractivity contribution is 5.77. The normalized spacial score (nSPS) is 18.1. The molecule has 1 fully saturated rings. The average molecular weight is 421 g/mol. The average Bonchev–Trinajstić information content (AvgIpc) is 3.19. The molecule has 5 nitrogen and oxygen atoms in total. The van der Waals surface area contributed by atoms with E-state index in [4.69, 9.17) is 11.0 Å². The molecule has 31 heavy (non-hydrogen) atoms. The fraction of sp³-hybridized carbons (Fsp3) is 0.400. The van der Waals surface area contributed by atoms with Crippen molar-refractivity contribution in [2.24, 2.45) is 11.7 Å². The van der Waals surface area contributed by atoms with Crippen LogP contribution >= 0.6 is 0 Å². The van der Waals surface area contributed by atoms with Gasteiger partial charge in [-0.25, -0.2) is 4.39 Å². The van der Waals surface area contributed by atoms with Crippen molar-refractivity contribution in [1.82, 2.24) is 5.32 Å². The van der Waals surface area contributed by atoms with Crippen molar-refractivity contribution in [3.8, 4) is 23.3 Å². The molecule has 3 atom stereocenters. The van der Waals surface area contributed by atoms with Gasteiger partial charge in [0.2, 0.25) is 5.91 Å². The molecule has 162 valence electrons. The zero-order chi connectivity index (χ0) is 22.8. The lowest BCUT2D eigenvalue weighted by Gasteiger charge is -2.14. The van der Waals surface area contributed by atoms with Gasteiger partial charge in [-0.3, -0.25) is 4.79 Å². The predicted molar refractivity (Wildman–Crippen MR) is 119 cm³/mol. The Hall–Kier alpha value is -3.22. The van der Waals surface area contributed by atoms with Crippen LogP contribution in [0.15, 0.2) is 42.5 Å². The van der Waals surface area contributed by atoms with Crippen molar-refractivity contribution in [3.63, 3.8) is 0 Å². The Balaban J connectivity index is 0.00000166. The molecule has 3 N–H and O–H groups in total. The van der Waals surface area contributed by atoms with Crippen molar-refractivity contribution in [2.45, 2.75) is 58.0 Å². The Morgan fingerprint density at radius 2 is 1.84 bits per heavy atom. The zero-order valence-corrected chi connectivity index (χ0v) is 18.1. The van der Waals surface area contributed by atoms with E-state index in [1.54, 1.807) is 12.1 Å². The van der Waals surface area contributed by atoms with Gasteiger partial charge in [-0.05, 0) is 54.0 Å². The van der Waals surface area contributed by atoms with Crippen molar-refractivity contribution >= 4 is 5.91 Å². The fourth-order valence-electron chi connectivity index (χ4n) is 3.80. The van der Waals surface area contributed by atoms with E-state index in [2.05, 4.69) is 11.4 Å². The Bertz CT molecular complexity index is 959. The number of carbonyl (C=O) groups is 1. The lowest BCUT2D eigenvalue weighted by Crippen LogP contribution is -2.36. The lowest BCUT2D eigenvalue weighted by molar-refractivity contribution is -0.122. The third-order valence-electron chi connectivity index (χ3n) is 5.36. The summed E-state index contributed by atoms with van der Waals surface area (Å²) in [7, 11) is 0. The largest absolute Gasteiger partial charge is 0.340 e. The van der Waals surface area contributed by atoms with E-state index < -0.39 is 11.9 Å². The lowest BCUT2D eigenvalue weighted by atomic mass is 9.99. The molecular formula is C25H29FN4O. The number of amides is 1. The summed E-state index contributed by atoms with van der Waals surface area (Å²) in [4.78, 5) is 12.2. The first-order chi connectivity index (χ1) is 15.0. The SMILES string of the molecule is CC.N#Cc1ccc(-c2ccc(CC(C#N)NC(=O)C[C@H]3CC[C@@H](N)C3)cc2)cc1F. The number of hydrogen-bond donors (Lipinski definition) is 2. The maximum absolute atomic E-state index is 13.8. The molecular weight excluding hydrogens is 391 g/mol. The van der Waals surface area contributed by atoms with E-state index in [9.17, 15) is 14.4 Å². The summed E-state index contributed by atoms with van der Waals surface area (Å²) in [6, 6.07) is 15.4. The van der Waals surface area contributed by atoms with E-state index in [0.29, 0.717) is 24.3 Å². The molecule has 0 bridgehead atoms. The van der Waals surface area contributed by atoms with Crippen molar-refractivity contribution < 1.29 is 9.18 Å². The van der Waals surface area contributed by atoms with E-state index in [0.717, 1.165) is 30.4 Å². The van der Waals surface area contributed by atoms with E-state index in [1.165, 1.54) is 12.1 Å². The molecule has 1 amide bonds. The number of carbonyl (C=O) groups excluding carboxylic acids is 1. The maximum Gasteiger partial charge on any atom is 0.221 e. The van der Waals surface area contributed by atoms with E-state index in [1.807, 2.05) is 38.1 Å². The van der Waals surface area contributed by atoms with Crippen molar-refractivity contribution in [2.75, 3.05) is 0 Å². The van der Waals surface area contributed by atoms with Crippen molar-refractivity contribution in [3.05, 3.63) is 59.4 Å². The van der Waals surface area contributed by atoms with Crippen LogP contribution in [0, 0.1) is 34.4 Å². The second-order valence-corrected chi connectivity index (χ2v) is 7.60. The van der Waals surface area contributed by atoms with Crippen LogP contribution in [0.25, 0.3) is 11.1 Å². The maximum atomic E-state index is 13.8. The highest BCUT2D eigenvalue weighted by atomic mass is 19.1. The molecule has 0 spiro atoms. The van der Waals surface area contributed by atoms with Gasteiger partial charge in [0.25, 0.3) is 0 Å². The second kappa shape index (κ2) is 11.8. The first kappa shape index (κ1) is 24.1. The molecule has 2 aromatic carbocycles. The summed E-state index contributed by atoms with van der Waals surface area (Å²) in [5.41, 5.74) is 8.29. The number of halogens is 1. The summed E-state index contributed by atoms with van der Waals surface area (Å²) < 4.78 is 13.8. The monoisotopic (exact) mass is 420 g/mol. The number of nitrogens with two attached hydrogens (primary N) is 1. The summed E-state index contributed by atoms with van der Waals surface area (Å²) in [6.07, 6.45) is 3.59. The van der Waals surface area contributed by atoms with Gasteiger partial charge in [-0.15, -0.1) is 0 Å². The standard InChI is InChI=1S/C23H23FN4O.C2H6/c24-22-12-18(6-7-19(22)13-25)17-4-1-15(2-5-17)10-21(14-26)28-23(29)11-16-3-8-20(27)9-16;1-2/h1-2,4-7,12,16,20-21H,3,8-11,27H2,(H,28,29);1-2H3/t16-,20+,21?;/m0./s1. The summed E-state index contributed by atoms with van der Waals surface area (Å²) in [6.45, 7) is 4.00. The van der Waals surface area contributed by atoms with Gasteiger partial charge in [0.15, 0.2) is 0 Å². The number of nitrogens with zero attached hydrogens (tertiary/aromatic N) is 2. The number of rotatable bonds is 6. The van der Waals surface area contributed by atoms with Crippen LogP contribution in [0.5, 0.6) is 0 Å². The molecule has 3 rings (SSSR count). The fourth-order valence-corrected chi connectivity index (χ4v) is 3.80. The van der Waals surface area contributed by atoms with Crippen LogP contribution in [-0.4, -0.2) is 18.0 Å². The van der Waals surface area contributed by atoms with Crippen LogP contribution in [0.2, 0.25) is 0 Å². The van der Waals surface area contributed by atoms with Crippen LogP contribution in [0.3, 0.4) is 0 Å². The first-order valence-electron chi connectivity index (χ1n) is 10.7. The molecule has 6 heteroatoms. The molecule has 0 radical (unpaired) electrons.